The minimum absolute atomic E-state index is 1.00. The van der Waals surface area contributed by atoms with Gasteiger partial charge in [-0.3, -0.25) is 4.99 Å². The van der Waals surface area contributed by atoms with Gasteiger partial charge in [-0.2, -0.15) is 0 Å². The van der Waals surface area contributed by atoms with Gasteiger partial charge in [-0.1, -0.05) is 6.08 Å². The lowest BCUT2D eigenvalue weighted by Crippen LogP contribution is -2.29. The van der Waals surface area contributed by atoms with Gasteiger partial charge in [0, 0.05) is 13.1 Å². The van der Waals surface area contributed by atoms with Crippen LogP contribution in [0.4, 0.5) is 0 Å². The number of allylic oxidation sites excluding steroid dienone is 1. The van der Waals surface area contributed by atoms with Crippen LogP contribution in [-0.4, -0.2) is 18.8 Å². The average molecular weight is 136 g/mol. The van der Waals surface area contributed by atoms with Gasteiger partial charge in [0.05, 0.1) is 11.4 Å². The number of dihydropyridines is 1. The number of hydrogen-bond donors (Lipinski definition) is 1. The van der Waals surface area contributed by atoms with Crippen molar-refractivity contribution in [1.29, 1.82) is 0 Å². The van der Waals surface area contributed by atoms with Crippen molar-refractivity contribution in [3.8, 4) is 0 Å². The molecule has 0 spiro atoms. The fourth-order valence-corrected chi connectivity index (χ4v) is 1.48. The molecule has 0 aromatic carbocycles. The highest BCUT2D eigenvalue weighted by molar-refractivity contribution is 6.00. The van der Waals surface area contributed by atoms with Crippen molar-refractivity contribution in [2.75, 3.05) is 13.1 Å². The molecule has 0 atom stereocenters. The number of fused-ring (bicyclic) bond motifs is 1. The first-order valence-electron chi connectivity index (χ1n) is 3.94. The number of aliphatic imine (C=N–C) groups is 1. The van der Waals surface area contributed by atoms with Crippen LogP contribution >= 0.6 is 0 Å². The molecular weight excluding hydrogens is 124 g/mol. The molecule has 10 heavy (non-hydrogen) atoms. The van der Waals surface area contributed by atoms with Crippen molar-refractivity contribution in [1.82, 2.24) is 5.32 Å². The molecule has 1 saturated heterocycles. The molecule has 2 heteroatoms. The minimum Gasteiger partial charge on any atom is -0.384 e. The molecule has 0 aromatic rings. The maximum absolute atomic E-state index is 4.44. The van der Waals surface area contributed by atoms with Gasteiger partial charge in [0.25, 0.3) is 0 Å². The van der Waals surface area contributed by atoms with E-state index >= 15 is 0 Å². The van der Waals surface area contributed by atoms with E-state index in [0.717, 1.165) is 19.5 Å². The van der Waals surface area contributed by atoms with E-state index in [1.807, 2.05) is 0 Å². The smallest absolute Gasteiger partial charge is 0.0576 e. The predicted octanol–water partition coefficient (Wildman–Crippen LogP) is 1.10. The molecule has 54 valence electrons. The maximum atomic E-state index is 4.44. The van der Waals surface area contributed by atoms with Crippen LogP contribution in [0, 0.1) is 0 Å². The molecule has 2 rings (SSSR count). The number of hydrogen-bond acceptors (Lipinski definition) is 2. The Morgan fingerprint density at radius 3 is 3.40 bits per heavy atom. The van der Waals surface area contributed by atoms with Gasteiger partial charge in [-0.05, 0) is 19.3 Å². The normalized spacial score (nSPS) is 24.0. The Kier molecular flexibility index (Phi) is 1.46. The Morgan fingerprint density at radius 1 is 1.50 bits per heavy atom. The number of nitrogens with zero attached hydrogens (tertiary/aromatic N) is 1. The van der Waals surface area contributed by atoms with E-state index in [1.54, 1.807) is 0 Å². The van der Waals surface area contributed by atoms with Crippen molar-refractivity contribution in [2.45, 2.75) is 19.3 Å². The predicted molar refractivity (Wildman–Crippen MR) is 42.2 cm³/mol. The highest BCUT2D eigenvalue weighted by Crippen LogP contribution is 2.12. The third kappa shape index (κ3) is 0.939. The van der Waals surface area contributed by atoms with Crippen LogP contribution in [0.25, 0.3) is 0 Å². The van der Waals surface area contributed by atoms with Gasteiger partial charge in [0.1, 0.15) is 0 Å². The molecule has 2 aliphatic heterocycles. The summed E-state index contributed by atoms with van der Waals surface area (Å²) in [5, 5.41) is 3.35. The van der Waals surface area contributed by atoms with E-state index in [1.165, 1.54) is 24.3 Å². The summed E-state index contributed by atoms with van der Waals surface area (Å²) in [6, 6.07) is 0. The monoisotopic (exact) mass is 136 g/mol. The second kappa shape index (κ2) is 2.45. The third-order valence-electron chi connectivity index (χ3n) is 2.00. The number of rotatable bonds is 0. The summed E-state index contributed by atoms with van der Waals surface area (Å²) in [5.74, 6) is 0. The lowest BCUT2D eigenvalue weighted by molar-refractivity contribution is 0.708. The van der Waals surface area contributed by atoms with Crippen LogP contribution in [0.1, 0.15) is 19.3 Å². The first-order chi connectivity index (χ1) is 4.97. The first kappa shape index (κ1) is 5.96. The maximum Gasteiger partial charge on any atom is 0.0576 e. The highest BCUT2D eigenvalue weighted by Gasteiger charge is 2.13. The SMILES string of the molecule is C1=C2NCCCC2=NCC1. The van der Waals surface area contributed by atoms with E-state index < -0.39 is 0 Å². The van der Waals surface area contributed by atoms with Crippen molar-refractivity contribution >= 4 is 5.71 Å². The second-order valence-corrected chi connectivity index (χ2v) is 2.77. The van der Waals surface area contributed by atoms with E-state index in [-0.39, 0.29) is 0 Å². The summed E-state index contributed by atoms with van der Waals surface area (Å²) >= 11 is 0. The molecule has 0 amide bonds. The van der Waals surface area contributed by atoms with Gasteiger partial charge >= 0.3 is 0 Å². The van der Waals surface area contributed by atoms with Crippen LogP contribution in [0.3, 0.4) is 0 Å². The average Bonchev–Trinajstić information content (AvgIpc) is 2.05. The molecule has 0 saturated carbocycles. The largest absolute Gasteiger partial charge is 0.384 e. The fraction of sp³-hybridized carbons (Fsp3) is 0.625. The lowest BCUT2D eigenvalue weighted by Gasteiger charge is -2.21. The third-order valence-corrected chi connectivity index (χ3v) is 2.00. The van der Waals surface area contributed by atoms with Gasteiger partial charge in [0.15, 0.2) is 0 Å². The lowest BCUT2D eigenvalue weighted by atomic mass is 10.0. The van der Waals surface area contributed by atoms with Crippen LogP contribution < -0.4 is 5.32 Å². The molecule has 2 nitrogen and oxygen atoms in total. The molecule has 0 radical (unpaired) electrons. The summed E-state index contributed by atoms with van der Waals surface area (Å²) in [6.45, 7) is 2.13. The Morgan fingerprint density at radius 2 is 2.50 bits per heavy atom. The molecule has 0 bridgehead atoms. The highest BCUT2D eigenvalue weighted by atomic mass is 14.9. The van der Waals surface area contributed by atoms with Gasteiger partial charge < -0.3 is 5.32 Å². The molecule has 1 N–H and O–H groups in total. The van der Waals surface area contributed by atoms with Gasteiger partial charge in [-0.15, -0.1) is 0 Å². The standard InChI is InChI=1S/C8H12N2/c1-3-7-8(9-5-1)4-2-6-10-7/h3,10H,1-2,4-6H2. The topological polar surface area (TPSA) is 24.4 Å². The van der Waals surface area contributed by atoms with Crippen molar-refractivity contribution < 1.29 is 0 Å². The van der Waals surface area contributed by atoms with Crippen molar-refractivity contribution in [2.24, 2.45) is 4.99 Å². The zero-order valence-electron chi connectivity index (χ0n) is 6.06. The van der Waals surface area contributed by atoms with E-state index in [4.69, 9.17) is 0 Å². The van der Waals surface area contributed by atoms with Crippen LogP contribution in [0.5, 0.6) is 0 Å². The Bertz CT molecular complexity index is 169. The molecular formula is C8H12N2. The summed E-state index contributed by atoms with van der Waals surface area (Å²) in [6.07, 6.45) is 5.81. The zero-order chi connectivity index (χ0) is 6.81. The van der Waals surface area contributed by atoms with Crippen molar-refractivity contribution in [3.05, 3.63) is 11.8 Å². The summed E-state index contributed by atoms with van der Waals surface area (Å²) < 4.78 is 0. The second-order valence-electron chi connectivity index (χ2n) is 2.77. The summed E-state index contributed by atoms with van der Waals surface area (Å²) in [7, 11) is 0. The fourth-order valence-electron chi connectivity index (χ4n) is 1.48. The Labute approximate surface area is 61.0 Å². The van der Waals surface area contributed by atoms with Crippen LogP contribution in [-0.2, 0) is 0 Å². The molecule has 0 aromatic heterocycles. The molecule has 0 unspecified atom stereocenters. The van der Waals surface area contributed by atoms with Crippen molar-refractivity contribution in [3.63, 3.8) is 0 Å². The Hall–Kier alpha value is -0.790. The van der Waals surface area contributed by atoms with Gasteiger partial charge in [-0.25, -0.2) is 0 Å². The summed E-state index contributed by atoms with van der Waals surface area (Å²) in [4.78, 5) is 4.44. The van der Waals surface area contributed by atoms with E-state index in [9.17, 15) is 0 Å². The first-order valence-corrected chi connectivity index (χ1v) is 3.94. The number of nitrogens with one attached hydrogen (secondary N) is 1. The molecule has 1 fully saturated rings. The molecule has 2 aliphatic rings. The van der Waals surface area contributed by atoms with E-state index in [2.05, 4.69) is 16.4 Å². The van der Waals surface area contributed by atoms with E-state index in [0.29, 0.717) is 0 Å². The minimum atomic E-state index is 1.00. The van der Waals surface area contributed by atoms with Crippen LogP contribution in [0.15, 0.2) is 16.8 Å². The summed E-state index contributed by atoms with van der Waals surface area (Å²) in [5.41, 5.74) is 2.61. The van der Waals surface area contributed by atoms with Gasteiger partial charge in [0.2, 0.25) is 0 Å². The molecule has 0 aliphatic carbocycles. The zero-order valence-corrected chi connectivity index (χ0v) is 6.06. The Balaban J connectivity index is 2.19. The number of piperidine rings is 1. The quantitative estimate of drug-likeness (QED) is 0.530. The molecule has 2 heterocycles. The van der Waals surface area contributed by atoms with Crippen LogP contribution in [0.2, 0.25) is 0 Å².